The SMILES string of the molecule is Cc1cccc(Nc2ncnc(Nc3ccc(C(F)(F)F)cc3)c2[N+](=O)[O-])c1C. The van der Waals surface area contributed by atoms with Crippen molar-refractivity contribution in [2.24, 2.45) is 0 Å². The molecule has 150 valence electrons. The van der Waals surface area contributed by atoms with Crippen LogP contribution in [0.15, 0.2) is 48.8 Å². The lowest BCUT2D eigenvalue weighted by Gasteiger charge is -2.13. The molecule has 3 rings (SSSR count). The molecule has 0 aliphatic heterocycles. The Morgan fingerprint density at radius 2 is 1.59 bits per heavy atom. The molecule has 1 aromatic heterocycles. The Hall–Kier alpha value is -3.69. The molecule has 3 aromatic rings. The van der Waals surface area contributed by atoms with E-state index < -0.39 is 22.4 Å². The number of aryl methyl sites for hydroxylation is 1. The van der Waals surface area contributed by atoms with Crippen molar-refractivity contribution in [2.45, 2.75) is 20.0 Å². The molecule has 2 N–H and O–H groups in total. The lowest BCUT2D eigenvalue weighted by Crippen LogP contribution is -2.07. The maximum Gasteiger partial charge on any atom is 0.416 e. The minimum Gasteiger partial charge on any atom is -0.334 e. The van der Waals surface area contributed by atoms with Crippen LogP contribution in [0.4, 0.5) is 41.9 Å². The van der Waals surface area contributed by atoms with Crippen LogP contribution in [-0.4, -0.2) is 14.9 Å². The van der Waals surface area contributed by atoms with Crippen LogP contribution in [0.2, 0.25) is 0 Å². The van der Waals surface area contributed by atoms with Crippen molar-refractivity contribution in [3.63, 3.8) is 0 Å². The average Bonchev–Trinajstić information content (AvgIpc) is 2.65. The third kappa shape index (κ3) is 4.42. The van der Waals surface area contributed by atoms with E-state index in [2.05, 4.69) is 20.6 Å². The molecule has 10 heteroatoms. The van der Waals surface area contributed by atoms with Gasteiger partial charge in [0, 0.05) is 11.4 Å². The molecule has 2 aromatic carbocycles. The van der Waals surface area contributed by atoms with Crippen molar-refractivity contribution in [3.8, 4) is 0 Å². The fourth-order valence-electron chi connectivity index (χ4n) is 2.63. The first-order valence-electron chi connectivity index (χ1n) is 8.43. The molecule has 0 radical (unpaired) electrons. The first-order valence-corrected chi connectivity index (χ1v) is 8.43. The predicted octanol–water partition coefficient (Wildman–Crippen LogP) is 5.51. The number of halogens is 3. The molecular formula is C19H16F3N5O2. The van der Waals surface area contributed by atoms with Crippen LogP contribution in [-0.2, 0) is 6.18 Å². The number of anilines is 4. The van der Waals surface area contributed by atoms with Crippen molar-refractivity contribution in [3.05, 3.63) is 75.6 Å². The second kappa shape index (κ2) is 7.74. The molecule has 0 saturated carbocycles. The minimum atomic E-state index is -4.47. The molecule has 29 heavy (non-hydrogen) atoms. The Balaban J connectivity index is 1.95. The van der Waals surface area contributed by atoms with Gasteiger partial charge in [-0.2, -0.15) is 13.2 Å². The summed E-state index contributed by atoms with van der Waals surface area (Å²) in [5, 5.41) is 17.3. The van der Waals surface area contributed by atoms with E-state index in [4.69, 9.17) is 0 Å². The molecule has 0 saturated heterocycles. The molecule has 0 spiro atoms. The average molecular weight is 403 g/mol. The Bertz CT molecular complexity index is 1050. The minimum absolute atomic E-state index is 0.0342. The van der Waals surface area contributed by atoms with Crippen LogP contribution in [0, 0.1) is 24.0 Å². The predicted molar refractivity (Wildman–Crippen MR) is 103 cm³/mol. The molecule has 0 aliphatic rings. The molecule has 0 fully saturated rings. The van der Waals surface area contributed by atoms with Crippen molar-refractivity contribution >= 4 is 28.7 Å². The summed E-state index contributed by atoms with van der Waals surface area (Å²) in [6, 6.07) is 9.58. The van der Waals surface area contributed by atoms with Crippen LogP contribution >= 0.6 is 0 Å². The number of hydrogen-bond acceptors (Lipinski definition) is 6. The zero-order valence-corrected chi connectivity index (χ0v) is 15.4. The van der Waals surface area contributed by atoms with Gasteiger partial charge in [-0.3, -0.25) is 10.1 Å². The summed E-state index contributed by atoms with van der Waals surface area (Å²) >= 11 is 0. The van der Waals surface area contributed by atoms with E-state index in [1.807, 2.05) is 19.9 Å². The Morgan fingerprint density at radius 3 is 2.17 bits per heavy atom. The third-order valence-electron chi connectivity index (χ3n) is 4.34. The summed E-state index contributed by atoms with van der Waals surface area (Å²) < 4.78 is 38.1. The first-order chi connectivity index (χ1) is 13.7. The van der Waals surface area contributed by atoms with Crippen molar-refractivity contribution < 1.29 is 18.1 Å². The molecule has 0 atom stereocenters. The maximum atomic E-state index is 12.7. The topological polar surface area (TPSA) is 93.0 Å². The number of nitrogens with one attached hydrogen (secondary N) is 2. The van der Waals surface area contributed by atoms with Crippen LogP contribution in [0.1, 0.15) is 16.7 Å². The van der Waals surface area contributed by atoms with E-state index in [-0.39, 0.29) is 17.3 Å². The Morgan fingerprint density at radius 1 is 0.966 bits per heavy atom. The second-order valence-electron chi connectivity index (χ2n) is 6.25. The van der Waals surface area contributed by atoms with Gasteiger partial charge in [-0.1, -0.05) is 12.1 Å². The van der Waals surface area contributed by atoms with Gasteiger partial charge < -0.3 is 10.6 Å². The zero-order chi connectivity index (χ0) is 21.2. The number of rotatable bonds is 5. The highest BCUT2D eigenvalue weighted by Crippen LogP contribution is 2.35. The van der Waals surface area contributed by atoms with Crippen molar-refractivity contribution in [1.82, 2.24) is 9.97 Å². The largest absolute Gasteiger partial charge is 0.416 e. The van der Waals surface area contributed by atoms with Crippen molar-refractivity contribution in [1.29, 1.82) is 0 Å². The van der Waals surface area contributed by atoms with E-state index >= 15 is 0 Å². The third-order valence-corrected chi connectivity index (χ3v) is 4.34. The highest BCUT2D eigenvalue weighted by molar-refractivity contribution is 5.77. The molecule has 0 amide bonds. The van der Waals surface area contributed by atoms with Crippen molar-refractivity contribution in [2.75, 3.05) is 10.6 Å². The normalized spacial score (nSPS) is 11.2. The van der Waals surface area contributed by atoms with E-state index in [1.54, 1.807) is 12.1 Å². The lowest BCUT2D eigenvalue weighted by atomic mass is 10.1. The van der Waals surface area contributed by atoms with Gasteiger partial charge >= 0.3 is 11.9 Å². The fraction of sp³-hybridized carbons (Fsp3) is 0.158. The van der Waals surface area contributed by atoms with E-state index in [0.29, 0.717) is 5.69 Å². The van der Waals surface area contributed by atoms with Gasteiger partial charge in [0.15, 0.2) is 0 Å². The van der Waals surface area contributed by atoms with E-state index in [9.17, 15) is 23.3 Å². The molecule has 0 unspecified atom stereocenters. The Kier molecular flexibility index (Phi) is 5.35. The maximum absolute atomic E-state index is 12.7. The summed E-state index contributed by atoms with van der Waals surface area (Å²) in [4.78, 5) is 18.8. The zero-order valence-electron chi connectivity index (χ0n) is 15.4. The van der Waals surface area contributed by atoms with Crippen LogP contribution in [0.25, 0.3) is 0 Å². The number of alkyl halides is 3. The summed E-state index contributed by atoms with van der Waals surface area (Å²) in [6.07, 6.45) is -3.34. The van der Waals surface area contributed by atoms with E-state index in [0.717, 1.165) is 29.6 Å². The second-order valence-corrected chi connectivity index (χ2v) is 6.25. The first kappa shape index (κ1) is 20.1. The Labute approximate surface area is 163 Å². The van der Waals surface area contributed by atoms with Gasteiger partial charge in [-0.15, -0.1) is 0 Å². The highest BCUT2D eigenvalue weighted by atomic mass is 19.4. The summed E-state index contributed by atoms with van der Waals surface area (Å²) in [7, 11) is 0. The van der Waals surface area contributed by atoms with Crippen LogP contribution in [0.5, 0.6) is 0 Å². The van der Waals surface area contributed by atoms with Crippen LogP contribution < -0.4 is 10.6 Å². The number of hydrogen-bond donors (Lipinski definition) is 2. The molecular weight excluding hydrogens is 387 g/mol. The standard InChI is InChI=1S/C19H16F3N5O2/c1-11-4-3-5-15(12(11)2)26-18-16(27(28)29)17(23-10-24-18)25-14-8-6-13(7-9-14)19(20,21)22/h3-10H,1-2H3,(H2,23,24,25,26). The number of aromatic nitrogens is 2. The van der Waals surface area contributed by atoms with Crippen LogP contribution in [0.3, 0.4) is 0 Å². The summed E-state index contributed by atoms with van der Waals surface area (Å²) in [6.45, 7) is 3.78. The fourth-order valence-corrected chi connectivity index (χ4v) is 2.63. The highest BCUT2D eigenvalue weighted by Gasteiger charge is 2.30. The molecule has 0 bridgehead atoms. The lowest BCUT2D eigenvalue weighted by molar-refractivity contribution is -0.383. The number of benzene rings is 2. The smallest absolute Gasteiger partial charge is 0.334 e. The number of nitro groups is 1. The molecule has 0 aliphatic carbocycles. The van der Waals surface area contributed by atoms with Gasteiger partial charge in [0.1, 0.15) is 6.33 Å². The van der Waals surface area contributed by atoms with Gasteiger partial charge in [0.05, 0.1) is 10.5 Å². The monoisotopic (exact) mass is 403 g/mol. The summed E-state index contributed by atoms with van der Waals surface area (Å²) in [5.41, 5.74) is 1.52. The van der Waals surface area contributed by atoms with Gasteiger partial charge in [-0.05, 0) is 55.3 Å². The van der Waals surface area contributed by atoms with E-state index in [1.165, 1.54) is 12.1 Å². The molecule has 1 heterocycles. The molecule has 7 nitrogen and oxygen atoms in total. The number of nitrogens with zero attached hydrogens (tertiary/aromatic N) is 3. The van der Waals surface area contributed by atoms with Gasteiger partial charge in [0.2, 0.25) is 11.6 Å². The quantitative estimate of drug-likeness (QED) is 0.431. The van der Waals surface area contributed by atoms with Gasteiger partial charge in [0.25, 0.3) is 0 Å². The van der Waals surface area contributed by atoms with Gasteiger partial charge in [-0.25, -0.2) is 9.97 Å². The summed E-state index contributed by atoms with van der Waals surface area (Å²) in [5.74, 6) is -0.175.